The quantitative estimate of drug-likeness (QED) is 0.591. The van der Waals surface area contributed by atoms with E-state index in [0.717, 1.165) is 18.4 Å². The molecule has 0 radical (unpaired) electrons. The second kappa shape index (κ2) is 7.16. The molecule has 1 heterocycles. The number of hydrogen-bond acceptors (Lipinski definition) is 6. The van der Waals surface area contributed by atoms with Crippen LogP contribution in [0.2, 0.25) is 0 Å². The summed E-state index contributed by atoms with van der Waals surface area (Å²) in [5.74, 6) is 0.220. The molecule has 1 saturated carbocycles. The Morgan fingerprint density at radius 1 is 1.36 bits per heavy atom. The van der Waals surface area contributed by atoms with Crippen molar-refractivity contribution in [1.29, 1.82) is 0 Å². The molecule has 1 aliphatic rings. The van der Waals surface area contributed by atoms with E-state index in [1.54, 1.807) is 24.4 Å². The molecule has 1 aromatic heterocycles. The molecular weight excluding hydrogens is 324 g/mol. The second-order valence-corrected chi connectivity index (χ2v) is 5.80. The molecular formula is C17H18N4O4. The highest BCUT2D eigenvalue weighted by atomic mass is 16.6. The Morgan fingerprint density at radius 3 is 2.76 bits per heavy atom. The van der Waals surface area contributed by atoms with E-state index in [4.69, 9.17) is 4.74 Å². The Bertz CT molecular complexity index is 788. The van der Waals surface area contributed by atoms with Gasteiger partial charge in [-0.05, 0) is 30.5 Å². The number of pyridine rings is 1. The number of nitro benzene ring substituents is 1. The van der Waals surface area contributed by atoms with Gasteiger partial charge in [0.1, 0.15) is 5.69 Å². The molecule has 1 fully saturated rings. The lowest BCUT2D eigenvalue weighted by atomic mass is 10.1. The monoisotopic (exact) mass is 342 g/mol. The van der Waals surface area contributed by atoms with Crippen LogP contribution in [0, 0.1) is 10.1 Å². The number of nitrogens with one attached hydrogen (secondary N) is 2. The number of anilines is 1. The van der Waals surface area contributed by atoms with Gasteiger partial charge in [-0.2, -0.15) is 0 Å². The van der Waals surface area contributed by atoms with Crippen LogP contribution in [0.5, 0.6) is 5.88 Å². The van der Waals surface area contributed by atoms with Crippen molar-refractivity contribution in [2.75, 3.05) is 12.4 Å². The van der Waals surface area contributed by atoms with Gasteiger partial charge in [0, 0.05) is 36.5 Å². The van der Waals surface area contributed by atoms with E-state index in [-0.39, 0.29) is 23.2 Å². The van der Waals surface area contributed by atoms with Gasteiger partial charge in [-0.1, -0.05) is 6.07 Å². The first-order valence-electron chi connectivity index (χ1n) is 7.89. The lowest BCUT2D eigenvalue weighted by Crippen LogP contribution is -2.25. The fraction of sp³-hybridized carbons (Fsp3) is 0.294. The first-order valence-corrected chi connectivity index (χ1v) is 7.89. The van der Waals surface area contributed by atoms with E-state index in [1.807, 2.05) is 6.07 Å². The van der Waals surface area contributed by atoms with Crippen molar-refractivity contribution >= 4 is 17.3 Å². The molecule has 0 saturated heterocycles. The van der Waals surface area contributed by atoms with Gasteiger partial charge in [0.15, 0.2) is 0 Å². The van der Waals surface area contributed by atoms with Crippen LogP contribution in [0.4, 0.5) is 11.4 Å². The maximum atomic E-state index is 12.0. The zero-order valence-corrected chi connectivity index (χ0v) is 13.7. The predicted octanol–water partition coefficient (Wildman–Crippen LogP) is 2.50. The van der Waals surface area contributed by atoms with Crippen LogP contribution in [-0.4, -0.2) is 29.0 Å². The summed E-state index contributed by atoms with van der Waals surface area (Å²) in [5, 5.41) is 17.2. The molecule has 1 amide bonds. The SMILES string of the molecule is COc1ccc(CNc2ccc(C(=O)NC3CC3)cc2[N+](=O)[O-])cn1. The third-order valence-electron chi connectivity index (χ3n) is 3.86. The number of ether oxygens (including phenoxy) is 1. The van der Waals surface area contributed by atoms with Gasteiger partial charge in [-0.3, -0.25) is 14.9 Å². The van der Waals surface area contributed by atoms with E-state index >= 15 is 0 Å². The third-order valence-corrected chi connectivity index (χ3v) is 3.86. The van der Waals surface area contributed by atoms with Gasteiger partial charge in [0.25, 0.3) is 11.6 Å². The molecule has 3 rings (SSSR count). The smallest absolute Gasteiger partial charge is 0.293 e. The minimum Gasteiger partial charge on any atom is -0.481 e. The molecule has 1 aliphatic carbocycles. The van der Waals surface area contributed by atoms with Crippen molar-refractivity contribution in [3.8, 4) is 5.88 Å². The third kappa shape index (κ3) is 4.23. The zero-order valence-electron chi connectivity index (χ0n) is 13.7. The van der Waals surface area contributed by atoms with Crippen LogP contribution in [-0.2, 0) is 6.54 Å². The highest BCUT2D eigenvalue weighted by Crippen LogP contribution is 2.27. The molecule has 0 bridgehead atoms. The summed E-state index contributed by atoms with van der Waals surface area (Å²) in [5.41, 5.74) is 1.36. The lowest BCUT2D eigenvalue weighted by Gasteiger charge is -2.09. The predicted molar refractivity (Wildman–Crippen MR) is 91.7 cm³/mol. The topological polar surface area (TPSA) is 106 Å². The molecule has 25 heavy (non-hydrogen) atoms. The average Bonchev–Trinajstić information content (AvgIpc) is 3.44. The van der Waals surface area contributed by atoms with Gasteiger partial charge < -0.3 is 15.4 Å². The maximum absolute atomic E-state index is 12.0. The standard InChI is InChI=1S/C17H18N4O4/c1-25-16-7-2-11(10-19-16)9-18-14-6-3-12(8-15(14)21(23)24)17(22)20-13-4-5-13/h2-3,6-8,10,13,18H,4-5,9H2,1H3,(H,20,22). The van der Waals surface area contributed by atoms with Crippen LogP contribution in [0.1, 0.15) is 28.8 Å². The minimum absolute atomic E-state index is 0.134. The Balaban J connectivity index is 1.72. The number of carbonyl (C=O) groups excluding carboxylic acids is 1. The zero-order chi connectivity index (χ0) is 17.8. The summed E-state index contributed by atoms with van der Waals surface area (Å²) >= 11 is 0. The molecule has 0 atom stereocenters. The second-order valence-electron chi connectivity index (χ2n) is 5.80. The molecule has 8 heteroatoms. The summed E-state index contributed by atoms with van der Waals surface area (Å²) in [6.07, 6.45) is 3.56. The summed E-state index contributed by atoms with van der Waals surface area (Å²) in [7, 11) is 1.53. The van der Waals surface area contributed by atoms with Crippen LogP contribution in [0.15, 0.2) is 36.5 Å². The maximum Gasteiger partial charge on any atom is 0.293 e. The Kier molecular flexibility index (Phi) is 4.78. The van der Waals surface area contributed by atoms with Gasteiger partial charge in [0.2, 0.25) is 5.88 Å². The Labute approximate surface area is 144 Å². The molecule has 0 spiro atoms. The van der Waals surface area contributed by atoms with Gasteiger partial charge in [-0.15, -0.1) is 0 Å². The number of hydrogen-bond donors (Lipinski definition) is 2. The summed E-state index contributed by atoms with van der Waals surface area (Å²) in [6, 6.07) is 8.17. The molecule has 0 aliphatic heterocycles. The van der Waals surface area contributed by atoms with E-state index < -0.39 is 4.92 Å². The molecule has 2 aromatic rings. The first kappa shape index (κ1) is 16.7. The van der Waals surface area contributed by atoms with Crippen LogP contribution < -0.4 is 15.4 Å². The van der Waals surface area contributed by atoms with Crippen molar-refractivity contribution in [3.63, 3.8) is 0 Å². The van der Waals surface area contributed by atoms with Crippen molar-refractivity contribution in [2.24, 2.45) is 0 Å². The van der Waals surface area contributed by atoms with Gasteiger partial charge in [-0.25, -0.2) is 4.98 Å². The molecule has 1 aromatic carbocycles. The minimum atomic E-state index is -0.498. The number of amides is 1. The fourth-order valence-electron chi connectivity index (χ4n) is 2.30. The van der Waals surface area contributed by atoms with Crippen molar-refractivity contribution in [1.82, 2.24) is 10.3 Å². The number of rotatable bonds is 7. The number of nitro groups is 1. The van der Waals surface area contributed by atoms with Crippen LogP contribution >= 0.6 is 0 Å². The van der Waals surface area contributed by atoms with Crippen molar-refractivity contribution in [2.45, 2.75) is 25.4 Å². The highest BCUT2D eigenvalue weighted by molar-refractivity contribution is 5.96. The van der Waals surface area contributed by atoms with E-state index in [0.29, 0.717) is 18.1 Å². The summed E-state index contributed by atoms with van der Waals surface area (Å²) in [4.78, 5) is 27.0. The largest absolute Gasteiger partial charge is 0.481 e. The number of nitrogens with zero attached hydrogens (tertiary/aromatic N) is 2. The van der Waals surface area contributed by atoms with E-state index in [9.17, 15) is 14.9 Å². The van der Waals surface area contributed by atoms with Gasteiger partial charge >= 0.3 is 0 Å². The van der Waals surface area contributed by atoms with E-state index in [2.05, 4.69) is 15.6 Å². The summed E-state index contributed by atoms with van der Waals surface area (Å²) in [6.45, 7) is 0.367. The van der Waals surface area contributed by atoms with Crippen LogP contribution in [0.3, 0.4) is 0 Å². The fourth-order valence-corrected chi connectivity index (χ4v) is 2.30. The Morgan fingerprint density at radius 2 is 2.16 bits per heavy atom. The van der Waals surface area contributed by atoms with Crippen molar-refractivity contribution < 1.29 is 14.5 Å². The number of benzene rings is 1. The average molecular weight is 342 g/mol. The van der Waals surface area contributed by atoms with Gasteiger partial charge in [0.05, 0.1) is 12.0 Å². The first-order chi connectivity index (χ1) is 12.1. The molecule has 130 valence electrons. The van der Waals surface area contributed by atoms with Crippen LogP contribution in [0.25, 0.3) is 0 Å². The Hall–Kier alpha value is -3.16. The number of aromatic nitrogens is 1. The molecule has 0 unspecified atom stereocenters. The molecule has 2 N–H and O–H groups in total. The normalized spacial score (nSPS) is 13.2. The van der Waals surface area contributed by atoms with E-state index in [1.165, 1.54) is 13.2 Å². The summed E-state index contributed by atoms with van der Waals surface area (Å²) < 4.78 is 4.99. The lowest BCUT2D eigenvalue weighted by molar-refractivity contribution is -0.384. The number of carbonyl (C=O) groups is 1. The highest BCUT2D eigenvalue weighted by Gasteiger charge is 2.25. The van der Waals surface area contributed by atoms with Crippen molar-refractivity contribution in [3.05, 3.63) is 57.8 Å². The molecule has 8 nitrogen and oxygen atoms in total. The number of methoxy groups -OCH3 is 1.